The smallest absolute Gasteiger partial charge is 0.134 e. The summed E-state index contributed by atoms with van der Waals surface area (Å²) < 4.78 is 10.2. The van der Waals surface area contributed by atoms with E-state index in [0.717, 1.165) is 10.6 Å². The molecule has 0 aromatic heterocycles. The molecule has 0 amide bonds. The van der Waals surface area contributed by atoms with Crippen LogP contribution in [0.15, 0.2) is 29.2 Å². The van der Waals surface area contributed by atoms with E-state index in [9.17, 15) is 0 Å². The van der Waals surface area contributed by atoms with Crippen LogP contribution in [-0.2, 0) is 4.18 Å². The molecule has 0 atom stereocenters. The summed E-state index contributed by atoms with van der Waals surface area (Å²) in [6, 6.07) is 7.58. The van der Waals surface area contributed by atoms with E-state index in [0.29, 0.717) is 6.61 Å². The third-order valence-electron chi connectivity index (χ3n) is 1.39. The minimum Gasteiger partial charge on any atom is -0.496 e. The number of aliphatic hydroxyl groups is 1. The van der Waals surface area contributed by atoms with Crippen LogP contribution >= 0.6 is 12.0 Å². The van der Waals surface area contributed by atoms with Gasteiger partial charge in [0.05, 0.1) is 25.2 Å². The lowest BCUT2D eigenvalue weighted by atomic mass is 10.3. The molecule has 0 saturated carbocycles. The van der Waals surface area contributed by atoms with Gasteiger partial charge >= 0.3 is 0 Å². The predicted octanol–water partition coefficient (Wildman–Crippen LogP) is 1.71. The SMILES string of the molecule is COc1ccccc1SOCCO. The van der Waals surface area contributed by atoms with Gasteiger partial charge in [-0.05, 0) is 12.1 Å². The summed E-state index contributed by atoms with van der Waals surface area (Å²) in [5.41, 5.74) is 0. The minimum atomic E-state index is 0.0299. The number of rotatable bonds is 5. The van der Waals surface area contributed by atoms with E-state index >= 15 is 0 Å². The standard InChI is InChI=1S/C9H12O3S/c1-11-8-4-2-3-5-9(8)13-12-7-6-10/h2-5,10H,6-7H2,1H3. The molecule has 4 heteroatoms. The molecule has 0 saturated heterocycles. The van der Waals surface area contributed by atoms with Crippen LogP contribution in [0.25, 0.3) is 0 Å². The molecule has 3 nitrogen and oxygen atoms in total. The van der Waals surface area contributed by atoms with Gasteiger partial charge in [0, 0.05) is 12.0 Å². The van der Waals surface area contributed by atoms with Gasteiger partial charge in [-0.25, -0.2) is 0 Å². The number of methoxy groups -OCH3 is 1. The Morgan fingerprint density at radius 1 is 1.38 bits per heavy atom. The van der Waals surface area contributed by atoms with Crippen LogP contribution < -0.4 is 4.74 Å². The number of para-hydroxylation sites is 1. The molecule has 1 aromatic rings. The fraction of sp³-hybridized carbons (Fsp3) is 0.333. The maximum Gasteiger partial charge on any atom is 0.134 e. The van der Waals surface area contributed by atoms with Crippen molar-refractivity contribution in [3.63, 3.8) is 0 Å². The van der Waals surface area contributed by atoms with E-state index in [4.69, 9.17) is 14.0 Å². The van der Waals surface area contributed by atoms with Gasteiger partial charge < -0.3 is 14.0 Å². The monoisotopic (exact) mass is 200 g/mol. The highest BCUT2D eigenvalue weighted by molar-refractivity contribution is 7.94. The predicted molar refractivity (Wildman–Crippen MR) is 51.9 cm³/mol. The molecule has 1 rings (SSSR count). The molecule has 0 radical (unpaired) electrons. The van der Waals surface area contributed by atoms with Crippen molar-refractivity contribution in [2.45, 2.75) is 4.90 Å². The van der Waals surface area contributed by atoms with Crippen molar-refractivity contribution in [2.24, 2.45) is 0 Å². The van der Waals surface area contributed by atoms with Gasteiger partial charge in [0.1, 0.15) is 5.75 Å². The highest BCUT2D eigenvalue weighted by Crippen LogP contribution is 2.28. The number of benzene rings is 1. The Labute approximate surface area is 81.9 Å². The maximum absolute atomic E-state index is 8.50. The third-order valence-corrected chi connectivity index (χ3v) is 2.19. The topological polar surface area (TPSA) is 38.7 Å². The second kappa shape index (κ2) is 5.85. The fourth-order valence-corrected chi connectivity index (χ4v) is 1.48. The fourth-order valence-electron chi connectivity index (χ4n) is 0.830. The van der Waals surface area contributed by atoms with Gasteiger partial charge in [-0.1, -0.05) is 12.1 Å². The summed E-state index contributed by atoms with van der Waals surface area (Å²) in [6.07, 6.45) is 0. The highest BCUT2D eigenvalue weighted by Gasteiger charge is 2.01. The largest absolute Gasteiger partial charge is 0.496 e. The maximum atomic E-state index is 8.50. The molecule has 1 aromatic carbocycles. The number of hydrogen-bond donors (Lipinski definition) is 1. The lowest BCUT2D eigenvalue weighted by Gasteiger charge is -2.06. The molecule has 13 heavy (non-hydrogen) atoms. The van der Waals surface area contributed by atoms with Crippen LogP contribution in [0.5, 0.6) is 5.75 Å². The van der Waals surface area contributed by atoms with Crippen molar-refractivity contribution < 1.29 is 14.0 Å². The zero-order valence-electron chi connectivity index (χ0n) is 7.40. The van der Waals surface area contributed by atoms with Crippen LogP contribution in [-0.4, -0.2) is 25.4 Å². The molecular weight excluding hydrogens is 188 g/mol. The average Bonchev–Trinajstić information content (AvgIpc) is 2.19. The first kappa shape index (κ1) is 10.4. The minimum absolute atomic E-state index is 0.0299. The summed E-state index contributed by atoms with van der Waals surface area (Å²) in [5.74, 6) is 0.783. The van der Waals surface area contributed by atoms with Gasteiger partial charge in [0.15, 0.2) is 0 Å². The summed E-state index contributed by atoms with van der Waals surface area (Å²) in [6.45, 7) is 0.352. The number of hydrogen-bond acceptors (Lipinski definition) is 4. The van der Waals surface area contributed by atoms with Crippen LogP contribution in [0.1, 0.15) is 0 Å². The van der Waals surface area contributed by atoms with Crippen molar-refractivity contribution in [1.82, 2.24) is 0 Å². The molecule has 72 valence electrons. The quantitative estimate of drug-likeness (QED) is 0.580. The lowest BCUT2D eigenvalue weighted by molar-refractivity contribution is 0.220. The molecule has 0 fully saturated rings. The van der Waals surface area contributed by atoms with Crippen molar-refractivity contribution >= 4 is 12.0 Å². The molecular formula is C9H12O3S. The molecule has 0 heterocycles. The van der Waals surface area contributed by atoms with Crippen LogP contribution in [0.4, 0.5) is 0 Å². The summed E-state index contributed by atoms with van der Waals surface area (Å²) in [7, 11) is 1.62. The van der Waals surface area contributed by atoms with Gasteiger partial charge in [0.25, 0.3) is 0 Å². The Morgan fingerprint density at radius 2 is 2.15 bits per heavy atom. The van der Waals surface area contributed by atoms with E-state index in [2.05, 4.69) is 0 Å². The molecule has 1 N–H and O–H groups in total. The van der Waals surface area contributed by atoms with Crippen molar-refractivity contribution in [2.75, 3.05) is 20.3 Å². The first-order valence-electron chi connectivity index (χ1n) is 3.92. The van der Waals surface area contributed by atoms with Crippen LogP contribution in [0, 0.1) is 0 Å². The van der Waals surface area contributed by atoms with Crippen LogP contribution in [0.2, 0.25) is 0 Å². The van der Waals surface area contributed by atoms with Crippen molar-refractivity contribution in [1.29, 1.82) is 0 Å². The van der Waals surface area contributed by atoms with Gasteiger partial charge in [-0.15, -0.1) is 0 Å². The average molecular weight is 200 g/mol. The first-order valence-corrected chi connectivity index (χ1v) is 4.66. The Bertz CT molecular complexity index is 252. The first-order chi connectivity index (χ1) is 6.38. The lowest BCUT2D eigenvalue weighted by Crippen LogP contribution is -1.92. The molecule has 0 aliphatic heterocycles. The summed E-state index contributed by atoms with van der Waals surface area (Å²) in [5, 5.41) is 8.50. The number of ether oxygens (including phenoxy) is 1. The molecule has 0 unspecified atom stereocenters. The van der Waals surface area contributed by atoms with E-state index in [-0.39, 0.29) is 6.61 Å². The third kappa shape index (κ3) is 3.26. The van der Waals surface area contributed by atoms with E-state index in [1.54, 1.807) is 7.11 Å². The van der Waals surface area contributed by atoms with E-state index in [1.807, 2.05) is 24.3 Å². The second-order valence-corrected chi connectivity index (χ2v) is 3.12. The normalized spacial score (nSPS) is 10.0. The van der Waals surface area contributed by atoms with Crippen LogP contribution in [0.3, 0.4) is 0 Å². The van der Waals surface area contributed by atoms with E-state index in [1.165, 1.54) is 12.0 Å². The Hall–Kier alpha value is -0.710. The molecule has 0 aliphatic rings. The molecule has 0 aliphatic carbocycles. The van der Waals surface area contributed by atoms with Crippen molar-refractivity contribution in [3.8, 4) is 5.75 Å². The molecule has 0 spiro atoms. The van der Waals surface area contributed by atoms with Crippen molar-refractivity contribution in [3.05, 3.63) is 24.3 Å². The zero-order valence-corrected chi connectivity index (χ0v) is 8.21. The summed E-state index contributed by atoms with van der Waals surface area (Å²) in [4.78, 5) is 0.915. The highest BCUT2D eigenvalue weighted by atomic mass is 32.2. The second-order valence-electron chi connectivity index (χ2n) is 2.28. The Kier molecular flexibility index (Phi) is 4.67. The number of aliphatic hydroxyl groups excluding tert-OH is 1. The Morgan fingerprint density at radius 3 is 2.85 bits per heavy atom. The van der Waals surface area contributed by atoms with Gasteiger partial charge in [-0.3, -0.25) is 0 Å². The molecule has 0 bridgehead atoms. The van der Waals surface area contributed by atoms with E-state index < -0.39 is 0 Å². The van der Waals surface area contributed by atoms with Gasteiger partial charge in [0.2, 0.25) is 0 Å². The van der Waals surface area contributed by atoms with Gasteiger partial charge in [-0.2, -0.15) is 0 Å². The Balaban J connectivity index is 2.54. The summed E-state index contributed by atoms with van der Waals surface area (Å²) >= 11 is 1.21. The zero-order chi connectivity index (χ0) is 9.52.